The summed E-state index contributed by atoms with van der Waals surface area (Å²) in [4.78, 5) is 0. The Balaban J connectivity index is 2.35. The molecule has 0 heterocycles. The van der Waals surface area contributed by atoms with E-state index in [4.69, 9.17) is 15.7 Å². The van der Waals surface area contributed by atoms with Gasteiger partial charge in [-0.3, -0.25) is 0 Å². The van der Waals surface area contributed by atoms with Crippen LogP contribution in [0.1, 0.15) is 11.1 Å². The fraction of sp³-hybridized carbons (Fsp3) is 0.0714. The monoisotopic (exact) mass is 260 g/mol. The minimum Gasteiger partial charge on any atom is -0.453 e. The standard InChI is InChI=1S/C14H10F2N2O/c15-11-2-4-14(12(16)6-11)19-13-3-1-9(7-17)5-10(13)8-18/h1-6H,7,17H2. The lowest BCUT2D eigenvalue weighted by Gasteiger charge is -2.09. The molecule has 2 aromatic carbocycles. The van der Waals surface area contributed by atoms with Crippen molar-refractivity contribution in [1.82, 2.24) is 0 Å². The van der Waals surface area contributed by atoms with Gasteiger partial charge >= 0.3 is 0 Å². The molecular formula is C14H10F2N2O. The molecule has 0 radical (unpaired) electrons. The van der Waals surface area contributed by atoms with Crippen LogP contribution in [0.25, 0.3) is 0 Å². The Morgan fingerprint density at radius 1 is 1.11 bits per heavy atom. The molecule has 5 heteroatoms. The van der Waals surface area contributed by atoms with Gasteiger partial charge in [0.1, 0.15) is 17.6 Å². The van der Waals surface area contributed by atoms with Crippen LogP contribution in [0.2, 0.25) is 0 Å². The number of nitrogens with two attached hydrogens (primary N) is 1. The number of nitrogens with zero attached hydrogens (tertiary/aromatic N) is 1. The van der Waals surface area contributed by atoms with Crippen LogP contribution >= 0.6 is 0 Å². The van der Waals surface area contributed by atoms with Crippen molar-refractivity contribution >= 4 is 0 Å². The smallest absolute Gasteiger partial charge is 0.168 e. The molecule has 0 saturated heterocycles. The Morgan fingerprint density at radius 2 is 1.84 bits per heavy atom. The van der Waals surface area contributed by atoms with Gasteiger partial charge in [-0.1, -0.05) is 6.07 Å². The Hall–Kier alpha value is -2.45. The van der Waals surface area contributed by atoms with Gasteiger partial charge in [0.25, 0.3) is 0 Å². The minimum atomic E-state index is -0.827. The zero-order valence-corrected chi connectivity index (χ0v) is 9.86. The van der Waals surface area contributed by atoms with Gasteiger partial charge in [-0.15, -0.1) is 0 Å². The van der Waals surface area contributed by atoms with E-state index >= 15 is 0 Å². The van der Waals surface area contributed by atoms with Crippen molar-refractivity contribution in [3.05, 3.63) is 59.2 Å². The first-order valence-electron chi connectivity index (χ1n) is 5.50. The van der Waals surface area contributed by atoms with Gasteiger partial charge in [0, 0.05) is 12.6 Å². The summed E-state index contributed by atoms with van der Waals surface area (Å²) in [5.74, 6) is -1.46. The van der Waals surface area contributed by atoms with Crippen molar-refractivity contribution in [2.75, 3.05) is 0 Å². The number of halogens is 2. The van der Waals surface area contributed by atoms with Gasteiger partial charge in [-0.05, 0) is 29.8 Å². The summed E-state index contributed by atoms with van der Waals surface area (Å²) in [6, 6.07) is 9.69. The van der Waals surface area contributed by atoms with Crippen molar-refractivity contribution in [1.29, 1.82) is 5.26 Å². The number of nitriles is 1. The Bertz CT molecular complexity index is 650. The topological polar surface area (TPSA) is 59.0 Å². The van der Waals surface area contributed by atoms with Gasteiger partial charge in [0.2, 0.25) is 0 Å². The van der Waals surface area contributed by atoms with Crippen LogP contribution < -0.4 is 10.5 Å². The average Bonchev–Trinajstić information content (AvgIpc) is 2.42. The molecule has 2 aromatic rings. The summed E-state index contributed by atoms with van der Waals surface area (Å²) < 4.78 is 31.5. The molecule has 0 unspecified atom stereocenters. The van der Waals surface area contributed by atoms with E-state index in [0.717, 1.165) is 17.7 Å². The highest BCUT2D eigenvalue weighted by atomic mass is 19.1. The Morgan fingerprint density at radius 3 is 2.47 bits per heavy atom. The van der Waals surface area contributed by atoms with E-state index in [1.54, 1.807) is 12.1 Å². The highest BCUT2D eigenvalue weighted by Crippen LogP contribution is 2.28. The predicted molar refractivity (Wildman–Crippen MR) is 65.5 cm³/mol. The lowest BCUT2D eigenvalue weighted by Crippen LogP contribution is -1.98. The molecule has 2 rings (SSSR count). The Labute approximate surface area is 108 Å². The molecule has 3 nitrogen and oxygen atoms in total. The number of hydrogen-bond donors (Lipinski definition) is 1. The van der Waals surface area contributed by atoms with Crippen molar-refractivity contribution in [3.63, 3.8) is 0 Å². The van der Waals surface area contributed by atoms with Crippen LogP contribution in [0.4, 0.5) is 8.78 Å². The summed E-state index contributed by atoms with van der Waals surface area (Å²) in [6.07, 6.45) is 0. The second-order valence-electron chi connectivity index (χ2n) is 3.82. The van der Waals surface area contributed by atoms with Crippen LogP contribution in [-0.4, -0.2) is 0 Å². The molecule has 0 saturated carbocycles. The molecule has 2 N–H and O–H groups in total. The molecule has 0 aromatic heterocycles. The third-order valence-corrected chi connectivity index (χ3v) is 2.51. The number of hydrogen-bond acceptors (Lipinski definition) is 3. The first-order valence-corrected chi connectivity index (χ1v) is 5.50. The summed E-state index contributed by atoms with van der Waals surface area (Å²) >= 11 is 0. The van der Waals surface area contributed by atoms with E-state index < -0.39 is 11.6 Å². The second-order valence-corrected chi connectivity index (χ2v) is 3.82. The average molecular weight is 260 g/mol. The van der Waals surface area contributed by atoms with E-state index in [9.17, 15) is 8.78 Å². The highest BCUT2D eigenvalue weighted by molar-refractivity contribution is 5.47. The zero-order valence-electron chi connectivity index (χ0n) is 9.86. The summed E-state index contributed by atoms with van der Waals surface area (Å²) in [6.45, 7) is 0.292. The van der Waals surface area contributed by atoms with E-state index in [-0.39, 0.29) is 17.1 Å². The summed E-state index contributed by atoms with van der Waals surface area (Å²) in [7, 11) is 0. The normalized spacial score (nSPS) is 10.0. The molecule has 0 fully saturated rings. The van der Waals surface area contributed by atoms with Gasteiger partial charge in [0.15, 0.2) is 11.6 Å². The molecular weight excluding hydrogens is 250 g/mol. The van der Waals surface area contributed by atoms with Crippen molar-refractivity contribution in [2.24, 2.45) is 5.73 Å². The first kappa shape index (κ1) is 13.0. The molecule has 0 aliphatic heterocycles. The van der Waals surface area contributed by atoms with Crippen LogP contribution in [0.15, 0.2) is 36.4 Å². The largest absolute Gasteiger partial charge is 0.453 e. The number of rotatable bonds is 3. The van der Waals surface area contributed by atoms with E-state index in [1.807, 2.05) is 6.07 Å². The maximum absolute atomic E-state index is 13.4. The predicted octanol–water partition coefficient (Wildman–Crippen LogP) is 3.09. The molecule has 0 aliphatic carbocycles. The van der Waals surface area contributed by atoms with E-state index in [0.29, 0.717) is 6.54 Å². The highest BCUT2D eigenvalue weighted by Gasteiger charge is 2.10. The lowest BCUT2D eigenvalue weighted by molar-refractivity contribution is 0.436. The van der Waals surface area contributed by atoms with Gasteiger partial charge < -0.3 is 10.5 Å². The molecule has 96 valence electrons. The molecule has 0 bridgehead atoms. The number of ether oxygens (including phenoxy) is 1. The maximum atomic E-state index is 13.4. The van der Waals surface area contributed by atoms with E-state index in [2.05, 4.69) is 0 Å². The fourth-order valence-electron chi connectivity index (χ4n) is 1.56. The van der Waals surface area contributed by atoms with Gasteiger partial charge in [-0.25, -0.2) is 8.78 Å². The quantitative estimate of drug-likeness (QED) is 0.922. The van der Waals surface area contributed by atoms with Crippen LogP contribution in [0.5, 0.6) is 11.5 Å². The molecule has 0 amide bonds. The van der Waals surface area contributed by atoms with Crippen molar-refractivity contribution < 1.29 is 13.5 Å². The van der Waals surface area contributed by atoms with E-state index in [1.165, 1.54) is 12.1 Å². The molecule has 19 heavy (non-hydrogen) atoms. The van der Waals surface area contributed by atoms with Crippen LogP contribution in [0, 0.1) is 23.0 Å². The molecule has 0 aliphatic rings. The minimum absolute atomic E-state index is 0.140. The third-order valence-electron chi connectivity index (χ3n) is 2.51. The van der Waals surface area contributed by atoms with Crippen LogP contribution in [0.3, 0.4) is 0 Å². The molecule has 0 spiro atoms. The zero-order chi connectivity index (χ0) is 13.8. The fourth-order valence-corrected chi connectivity index (χ4v) is 1.56. The summed E-state index contributed by atoms with van der Waals surface area (Å²) in [5, 5.41) is 9.01. The number of benzene rings is 2. The lowest BCUT2D eigenvalue weighted by atomic mass is 10.1. The second kappa shape index (κ2) is 5.46. The third kappa shape index (κ3) is 2.87. The van der Waals surface area contributed by atoms with Crippen LogP contribution in [-0.2, 0) is 6.54 Å². The van der Waals surface area contributed by atoms with Gasteiger partial charge in [-0.2, -0.15) is 5.26 Å². The SMILES string of the molecule is N#Cc1cc(CN)ccc1Oc1ccc(F)cc1F. The van der Waals surface area contributed by atoms with Crippen molar-refractivity contribution in [3.8, 4) is 17.6 Å². The van der Waals surface area contributed by atoms with Crippen molar-refractivity contribution in [2.45, 2.75) is 6.54 Å². The molecule has 0 atom stereocenters. The summed E-state index contributed by atoms with van der Waals surface area (Å²) in [5.41, 5.74) is 6.47. The maximum Gasteiger partial charge on any atom is 0.168 e. The Kier molecular flexibility index (Phi) is 3.74. The first-order chi connectivity index (χ1) is 9.13. The van der Waals surface area contributed by atoms with Gasteiger partial charge in [0.05, 0.1) is 5.56 Å².